The molecule has 0 radical (unpaired) electrons. The molecule has 8 nitrogen and oxygen atoms in total. The van der Waals surface area contributed by atoms with Crippen molar-refractivity contribution in [1.82, 2.24) is 9.97 Å². The molecule has 1 atom stereocenters. The molecular weight excluding hydrogens is 368 g/mol. The van der Waals surface area contributed by atoms with E-state index < -0.39 is 9.84 Å². The molecule has 1 unspecified atom stereocenters. The van der Waals surface area contributed by atoms with Gasteiger partial charge < -0.3 is 19.7 Å². The maximum atomic E-state index is 11.8. The lowest BCUT2D eigenvalue weighted by molar-refractivity contribution is 0.174. The van der Waals surface area contributed by atoms with Gasteiger partial charge in [-0.3, -0.25) is 0 Å². The maximum absolute atomic E-state index is 11.8. The van der Waals surface area contributed by atoms with Crippen molar-refractivity contribution in [3.05, 3.63) is 35.5 Å². The van der Waals surface area contributed by atoms with E-state index in [0.29, 0.717) is 18.9 Å². The number of aryl methyl sites for hydroxylation is 1. The van der Waals surface area contributed by atoms with Crippen molar-refractivity contribution in [2.24, 2.45) is 0 Å². The summed E-state index contributed by atoms with van der Waals surface area (Å²) in [5.41, 5.74) is 1.85. The predicted octanol–water partition coefficient (Wildman–Crippen LogP) is 1.75. The van der Waals surface area contributed by atoms with Crippen molar-refractivity contribution in [2.45, 2.75) is 25.9 Å². The Balaban J connectivity index is 1.47. The molecule has 3 heterocycles. The molecule has 1 saturated heterocycles. The Labute approximate surface area is 158 Å². The summed E-state index contributed by atoms with van der Waals surface area (Å²) >= 11 is 0. The van der Waals surface area contributed by atoms with Gasteiger partial charge >= 0.3 is 0 Å². The molecule has 9 heteroatoms. The van der Waals surface area contributed by atoms with E-state index in [4.69, 9.17) is 9.47 Å². The first-order valence-corrected chi connectivity index (χ1v) is 10.6. The van der Waals surface area contributed by atoms with Crippen molar-refractivity contribution in [1.29, 1.82) is 0 Å². The summed E-state index contributed by atoms with van der Waals surface area (Å²) in [6.45, 7) is 2.69. The molecule has 2 aliphatic rings. The summed E-state index contributed by atoms with van der Waals surface area (Å²) in [5, 5.41) is 3.23. The second-order valence-corrected chi connectivity index (χ2v) is 9.13. The van der Waals surface area contributed by atoms with E-state index in [9.17, 15) is 8.42 Å². The van der Waals surface area contributed by atoms with Crippen LogP contribution in [0.2, 0.25) is 0 Å². The molecule has 2 aromatic rings. The first-order chi connectivity index (χ1) is 12.9. The molecule has 144 valence electrons. The minimum atomic E-state index is -2.94. The maximum Gasteiger partial charge on any atom is 0.231 e. The summed E-state index contributed by atoms with van der Waals surface area (Å²) in [5.74, 6) is 3.13. The van der Waals surface area contributed by atoms with Crippen LogP contribution in [0.5, 0.6) is 11.5 Å². The summed E-state index contributed by atoms with van der Waals surface area (Å²) in [7, 11) is -1.06. The zero-order valence-electron chi connectivity index (χ0n) is 15.3. The monoisotopic (exact) mass is 390 g/mol. The van der Waals surface area contributed by atoms with E-state index >= 15 is 0 Å². The number of rotatable bonds is 5. The van der Waals surface area contributed by atoms with Crippen molar-refractivity contribution in [2.75, 3.05) is 35.6 Å². The van der Waals surface area contributed by atoms with Crippen LogP contribution in [-0.4, -0.2) is 49.8 Å². The fourth-order valence-corrected chi connectivity index (χ4v) is 5.09. The summed E-state index contributed by atoms with van der Waals surface area (Å²) in [6.07, 6.45) is 0.627. The minimum Gasteiger partial charge on any atom is -0.454 e. The smallest absolute Gasteiger partial charge is 0.231 e. The van der Waals surface area contributed by atoms with Gasteiger partial charge in [-0.25, -0.2) is 13.4 Å². The number of nitrogens with one attached hydrogen (secondary N) is 1. The first-order valence-electron chi connectivity index (χ1n) is 8.81. The lowest BCUT2D eigenvalue weighted by Crippen LogP contribution is -2.33. The number of hydrogen-bond donors (Lipinski definition) is 1. The van der Waals surface area contributed by atoms with Crippen LogP contribution in [-0.2, 0) is 16.4 Å². The zero-order valence-corrected chi connectivity index (χ0v) is 16.1. The average Bonchev–Trinajstić information content (AvgIpc) is 3.24. The van der Waals surface area contributed by atoms with E-state index in [0.717, 1.165) is 28.6 Å². The van der Waals surface area contributed by atoms with Gasteiger partial charge in [0.05, 0.1) is 11.5 Å². The van der Waals surface area contributed by atoms with E-state index in [1.54, 1.807) is 0 Å². The molecule has 27 heavy (non-hydrogen) atoms. The molecule has 0 amide bonds. The second kappa shape index (κ2) is 6.88. The molecule has 0 bridgehead atoms. The fourth-order valence-electron chi connectivity index (χ4n) is 3.31. The van der Waals surface area contributed by atoms with Crippen molar-refractivity contribution in [3.8, 4) is 11.5 Å². The molecule has 0 aliphatic carbocycles. The van der Waals surface area contributed by atoms with Crippen LogP contribution in [0.3, 0.4) is 0 Å². The highest BCUT2D eigenvalue weighted by atomic mass is 32.2. The summed E-state index contributed by atoms with van der Waals surface area (Å²) in [6, 6.07) is 7.60. The van der Waals surface area contributed by atoms with Crippen LogP contribution in [0.4, 0.5) is 11.8 Å². The quantitative estimate of drug-likeness (QED) is 0.825. The Morgan fingerprint density at radius 3 is 2.81 bits per heavy atom. The van der Waals surface area contributed by atoms with Gasteiger partial charge in [-0.05, 0) is 31.0 Å². The molecular formula is C18H22N4O4S. The van der Waals surface area contributed by atoms with Crippen LogP contribution in [0, 0.1) is 6.92 Å². The van der Waals surface area contributed by atoms with Crippen LogP contribution >= 0.6 is 0 Å². The lowest BCUT2D eigenvalue weighted by atomic mass is 10.2. The van der Waals surface area contributed by atoms with Crippen LogP contribution < -0.4 is 19.7 Å². The number of aromatic nitrogens is 2. The highest BCUT2D eigenvalue weighted by Gasteiger charge is 2.31. The number of benzene rings is 1. The third-order valence-corrected chi connectivity index (χ3v) is 6.60. The van der Waals surface area contributed by atoms with Gasteiger partial charge in [-0.15, -0.1) is 0 Å². The van der Waals surface area contributed by atoms with E-state index in [1.165, 1.54) is 0 Å². The molecule has 0 spiro atoms. The largest absolute Gasteiger partial charge is 0.454 e. The fraction of sp³-hybridized carbons (Fsp3) is 0.444. The highest BCUT2D eigenvalue weighted by Crippen LogP contribution is 2.32. The van der Waals surface area contributed by atoms with Gasteiger partial charge in [0.2, 0.25) is 12.7 Å². The van der Waals surface area contributed by atoms with Crippen molar-refractivity contribution in [3.63, 3.8) is 0 Å². The number of hydrogen-bond acceptors (Lipinski definition) is 8. The Morgan fingerprint density at radius 2 is 2.04 bits per heavy atom. The predicted molar refractivity (Wildman–Crippen MR) is 102 cm³/mol. The Kier molecular flexibility index (Phi) is 4.55. The zero-order chi connectivity index (χ0) is 19.0. The average molecular weight is 390 g/mol. The van der Waals surface area contributed by atoms with Gasteiger partial charge in [-0.1, -0.05) is 6.07 Å². The molecule has 1 aromatic heterocycles. The Hall–Kier alpha value is -2.55. The molecule has 0 saturated carbocycles. The standard InChI is InChI=1S/C18H22N4O4S/c1-12-7-17(22(2)14-5-6-27(23,24)10-14)21-18(20-12)19-9-13-3-4-15-16(8-13)26-11-25-15/h3-4,7-8,14H,5-6,9-11H2,1-2H3,(H,19,20,21). The van der Waals surface area contributed by atoms with Crippen LogP contribution in [0.25, 0.3) is 0 Å². The van der Waals surface area contributed by atoms with Crippen LogP contribution in [0.15, 0.2) is 24.3 Å². The van der Waals surface area contributed by atoms with Gasteiger partial charge in [0.25, 0.3) is 0 Å². The number of anilines is 2. The molecule has 4 rings (SSSR count). The Morgan fingerprint density at radius 1 is 1.22 bits per heavy atom. The molecule has 1 N–H and O–H groups in total. The number of nitrogens with zero attached hydrogens (tertiary/aromatic N) is 3. The second-order valence-electron chi connectivity index (χ2n) is 6.90. The van der Waals surface area contributed by atoms with E-state index in [-0.39, 0.29) is 24.3 Å². The van der Waals surface area contributed by atoms with Gasteiger partial charge in [0.15, 0.2) is 21.3 Å². The third kappa shape index (κ3) is 3.92. The molecule has 1 aromatic carbocycles. The SMILES string of the molecule is Cc1cc(N(C)C2CCS(=O)(=O)C2)nc(NCc2ccc3c(c2)OCO3)n1. The number of fused-ring (bicyclic) bond motifs is 1. The normalized spacial score (nSPS) is 19.9. The van der Waals surface area contributed by atoms with E-state index in [1.807, 2.05) is 43.1 Å². The number of ether oxygens (including phenoxy) is 2. The van der Waals surface area contributed by atoms with E-state index in [2.05, 4.69) is 15.3 Å². The number of sulfone groups is 1. The lowest BCUT2D eigenvalue weighted by Gasteiger charge is -2.25. The minimum absolute atomic E-state index is 0.0500. The topological polar surface area (TPSA) is 93.7 Å². The highest BCUT2D eigenvalue weighted by molar-refractivity contribution is 7.91. The van der Waals surface area contributed by atoms with Crippen LogP contribution in [0.1, 0.15) is 17.7 Å². The summed E-state index contributed by atoms with van der Waals surface area (Å²) < 4.78 is 34.2. The third-order valence-electron chi connectivity index (χ3n) is 4.85. The molecule has 2 aliphatic heterocycles. The van der Waals surface area contributed by atoms with Gasteiger partial charge in [0.1, 0.15) is 5.82 Å². The van der Waals surface area contributed by atoms with Gasteiger partial charge in [0, 0.05) is 31.4 Å². The first kappa shape index (κ1) is 17.8. The molecule has 1 fully saturated rings. The summed E-state index contributed by atoms with van der Waals surface area (Å²) in [4.78, 5) is 10.9. The van der Waals surface area contributed by atoms with Gasteiger partial charge in [-0.2, -0.15) is 4.98 Å². The van der Waals surface area contributed by atoms with Crippen molar-refractivity contribution >= 4 is 21.6 Å². The van der Waals surface area contributed by atoms with Crippen molar-refractivity contribution < 1.29 is 17.9 Å². The Bertz CT molecular complexity index is 964.